The van der Waals surface area contributed by atoms with Crippen LogP contribution in [-0.2, 0) is 21.3 Å². The third-order valence-electron chi connectivity index (χ3n) is 4.23. The molecule has 8 heteroatoms. The van der Waals surface area contributed by atoms with Crippen LogP contribution in [0.2, 0.25) is 0 Å². The molecule has 1 aromatic rings. The Kier molecular flexibility index (Phi) is 5.57. The number of esters is 1. The highest BCUT2D eigenvalue weighted by Gasteiger charge is 2.57. The maximum absolute atomic E-state index is 13.6. The number of hydrogen-bond acceptors (Lipinski definition) is 2. The first-order valence-electron chi connectivity index (χ1n) is 7.54. The Morgan fingerprint density at radius 2 is 1.44 bits per heavy atom. The van der Waals surface area contributed by atoms with Crippen LogP contribution in [0.3, 0.4) is 0 Å². The number of carbonyl (C=O) groups is 1. The molecule has 0 saturated carbocycles. The van der Waals surface area contributed by atoms with Gasteiger partial charge in [0, 0.05) is 5.56 Å². The van der Waals surface area contributed by atoms with E-state index in [1.807, 2.05) is 0 Å². The van der Waals surface area contributed by atoms with Crippen molar-refractivity contribution in [3.05, 3.63) is 34.9 Å². The van der Waals surface area contributed by atoms with Crippen LogP contribution in [0.1, 0.15) is 50.8 Å². The van der Waals surface area contributed by atoms with E-state index in [2.05, 4.69) is 0 Å². The molecular formula is C17H20F6O2. The van der Waals surface area contributed by atoms with Gasteiger partial charge in [-0.1, -0.05) is 18.6 Å². The van der Waals surface area contributed by atoms with Crippen LogP contribution in [0.25, 0.3) is 0 Å². The highest BCUT2D eigenvalue weighted by molar-refractivity contribution is 5.76. The molecule has 0 saturated heterocycles. The van der Waals surface area contributed by atoms with Gasteiger partial charge in [0.05, 0.1) is 11.0 Å². The van der Waals surface area contributed by atoms with Crippen LogP contribution in [0.15, 0.2) is 18.2 Å². The average molecular weight is 370 g/mol. The third kappa shape index (κ3) is 4.46. The summed E-state index contributed by atoms with van der Waals surface area (Å²) in [5, 5.41) is 0. The van der Waals surface area contributed by atoms with Crippen LogP contribution in [0, 0.1) is 12.3 Å². The normalized spacial score (nSPS) is 15.6. The van der Waals surface area contributed by atoms with E-state index in [0.29, 0.717) is 13.0 Å². The van der Waals surface area contributed by atoms with E-state index in [0.717, 1.165) is 12.1 Å². The van der Waals surface area contributed by atoms with Crippen LogP contribution in [0.4, 0.5) is 26.3 Å². The molecule has 0 spiro atoms. The van der Waals surface area contributed by atoms with Crippen molar-refractivity contribution in [2.24, 2.45) is 5.41 Å². The van der Waals surface area contributed by atoms with Gasteiger partial charge in [-0.05, 0) is 46.2 Å². The minimum Gasteiger partial charge on any atom is -0.444 e. The van der Waals surface area contributed by atoms with Gasteiger partial charge in [-0.25, -0.2) is 0 Å². The summed E-state index contributed by atoms with van der Waals surface area (Å²) in [4.78, 5) is 12.2. The highest BCUT2D eigenvalue weighted by Crippen LogP contribution is 2.45. The maximum Gasteiger partial charge on any atom is 0.432 e. The Bertz CT molecular complexity index is 646. The standard InChI is InChI=1S/C17H20F6O2/c1-6-14(3,4)13(24)25-15(5,17(21,22)23)11-7-10(2)8-12(9-11)16(18,19)20/h7-9H,6H2,1-5H3. The van der Waals surface area contributed by atoms with Crippen molar-refractivity contribution in [2.75, 3.05) is 0 Å². The molecule has 142 valence electrons. The molecule has 0 aromatic heterocycles. The second-order valence-electron chi connectivity index (χ2n) is 6.74. The molecule has 0 aliphatic carbocycles. The maximum atomic E-state index is 13.6. The number of ether oxygens (including phenoxy) is 1. The van der Waals surface area contributed by atoms with Gasteiger partial charge in [0.2, 0.25) is 5.60 Å². The first kappa shape index (κ1) is 21.3. The fraction of sp³-hybridized carbons (Fsp3) is 0.588. The number of aryl methyl sites for hydroxylation is 1. The summed E-state index contributed by atoms with van der Waals surface area (Å²) in [7, 11) is 0. The summed E-state index contributed by atoms with van der Waals surface area (Å²) < 4.78 is 84.5. The van der Waals surface area contributed by atoms with Crippen molar-refractivity contribution < 1.29 is 35.9 Å². The van der Waals surface area contributed by atoms with Gasteiger partial charge in [0.25, 0.3) is 0 Å². The molecule has 0 aliphatic rings. The topological polar surface area (TPSA) is 26.3 Å². The van der Waals surface area contributed by atoms with Gasteiger partial charge in [-0.3, -0.25) is 4.79 Å². The van der Waals surface area contributed by atoms with Gasteiger partial charge in [-0.15, -0.1) is 0 Å². The summed E-state index contributed by atoms with van der Waals surface area (Å²) in [5.41, 5.74) is -6.42. The van der Waals surface area contributed by atoms with Crippen molar-refractivity contribution in [3.63, 3.8) is 0 Å². The zero-order chi connectivity index (χ0) is 19.8. The monoisotopic (exact) mass is 370 g/mol. The van der Waals surface area contributed by atoms with Gasteiger partial charge < -0.3 is 4.74 Å². The highest BCUT2D eigenvalue weighted by atomic mass is 19.4. The van der Waals surface area contributed by atoms with Gasteiger partial charge in [0.1, 0.15) is 0 Å². The van der Waals surface area contributed by atoms with E-state index in [1.165, 1.54) is 20.8 Å². The lowest BCUT2D eigenvalue weighted by Crippen LogP contribution is -2.46. The fourth-order valence-electron chi connectivity index (χ4n) is 1.97. The molecule has 2 nitrogen and oxygen atoms in total. The van der Waals surface area contributed by atoms with Gasteiger partial charge in [-0.2, -0.15) is 26.3 Å². The Labute approximate surface area is 142 Å². The van der Waals surface area contributed by atoms with E-state index in [-0.39, 0.29) is 12.0 Å². The molecule has 1 atom stereocenters. The summed E-state index contributed by atoms with van der Waals surface area (Å²) in [6, 6.07) is 2.04. The SMILES string of the molecule is CCC(C)(C)C(=O)OC(C)(c1cc(C)cc(C(F)(F)F)c1)C(F)(F)F. The first-order valence-corrected chi connectivity index (χ1v) is 7.54. The molecule has 1 aromatic carbocycles. The molecule has 0 bridgehead atoms. The summed E-state index contributed by atoms with van der Waals surface area (Å²) >= 11 is 0. The van der Waals surface area contributed by atoms with Gasteiger partial charge >= 0.3 is 18.3 Å². The fourth-order valence-corrected chi connectivity index (χ4v) is 1.97. The Morgan fingerprint density at radius 3 is 1.84 bits per heavy atom. The lowest BCUT2D eigenvalue weighted by molar-refractivity contribution is -0.273. The molecule has 0 amide bonds. The molecule has 0 fully saturated rings. The molecule has 0 radical (unpaired) electrons. The van der Waals surface area contributed by atoms with Crippen molar-refractivity contribution in [2.45, 2.75) is 59.0 Å². The van der Waals surface area contributed by atoms with E-state index in [9.17, 15) is 31.1 Å². The molecule has 0 heterocycles. The van der Waals surface area contributed by atoms with Crippen LogP contribution < -0.4 is 0 Å². The number of hydrogen-bond donors (Lipinski definition) is 0. The molecule has 25 heavy (non-hydrogen) atoms. The Hall–Kier alpha value is -1.73. The quantitative estimate of drug-likeness (QED) is 0.497. The van der Waals surface area contributed by atoms with E-state index in [1.54, 1.807) is 6.92 Å². The zero-order valence-corrected chi connectivity index (χ0v) is 14.5. The van der Waals surface area contributed by atoms with Crippen molar-refractivity contribution >= 4 is 5.97 Å². The summed E-state index contributed by atoms with van der Waals surface area (Å²) in [6.45, 7) is 6.21. The minimum absolute atomic E-state index is 0.0221. The molecule has 0 N–H and O–H groups in total. The number of carbonyl (C=O) groups excluding carboxylic acids is 1. The van der Waals surface area contributed by atoms with Crippen molar-refractivity contribution in [3.8, 4) is 0 Å². The third-order valence-corrected chi connectivity index (χ3v) is 4.23. The zero-order valence-electron chi connectivity index (χ0n) is 14.5. The summed E-state index contributed by atoms with van der Waals surface area (Å²) in [5.74, 6) is -1.13. The Balaban J connectivity index is 3.52. The second kappa shape index (κ2) is 6.53. The molecule has 1 unspecified atom stereocenters. The molecular weight excluding hydrogens is 350 g/mol. The Morgan fingerprint density at radius 1 is 0.960 bits per heavy atom. The largest absolute Gasteiger partial charge is 0.444 e. The molecule has 0 aliphatic heterocycles. The lowest BCUT2D eigenvalue weighted by atomic mass is 9.88. The van der Waals surface area contributed by atoms with Crippen molar-refractivity contribution in [1.29, 1.82) is 0 Å². The summed E-state index contributed by atoms with van der Waals surface area (Å²) in [6.07, 6.45) is -9.70. The number of alkyl halides is 6. The van der Waals surface area contributed by atoms with E-state index >= 15 is 0 Å². The number of benzene rings is 1. The molecule has 1 rings (SSSR count). The minimum atomic E-state index is -5.09. The number of rotatable bonds is 4. The van der Waals surface area contributed by atoms with Crippen LogP contribution in [-0.4, -0.2) is 12.1 Å². The predicted molar refractivity (Wildman–Crippen MR) is 79.8 cm³/mol. The van der Waals surface area contributed by atoms with E-state index in [4.69, 9.17) is 4.74 Å². The second-order valence-corrected chi connectivity index (χ2v) is 6.74. The van der Waals surface area contributed by atoms with Crippen molar-refractivity contribution in [1.82, 2.24) is 0 Å². The first-order chi connectivity index (χ1) is 11.0. The number of halogens is 6. The lowest BCUT2D eigenvalue weighted by Gasteiger charge is -2.35. The van der Waals surface area contributed by atoms with Crippen LogP contribution in [0.5, 0.6) is 0 Å². The van der Waals surface area contributed by atoms with E-state index < -0.39 is 40.5 Å². The van der Waals surface area contributed by atoms with Gasteiger partial charge in [0.15, 0.2) is 0 Å². The average Bonchev–Trinajstić information content (AvgIpc) is 2.44. The smallest absolute Gasteiger partial charge is 0.432 e. The predicted octanol–water partition coefficient (Wildman–Crippen LogP) is 5.77. The van der Waals surface area contributed by atoms with Crippen LogP contribution >= 0.6 is 0 Å².